The Balaban J connectivity index is 0.00000225. The summed E-state index contributed by atoms with van der Waals surface area (Å²) in [6.07, 6.45) is 2.08. The summed E-state index contributed by atoms with van der Waals surface area (Å²) in [5, 5.41) is 15.3. The van der Waals surface area contributed by atoms with E-state index in [0.717, 1.165) is 12.0 Å². The van der Waals surface area contributed by atoms with E-state index in [4.69, 9.17) is 4.42 Å². The molecule has 1 aliphatic carbocycles. The summed E-state index contributed by atoms with van der Waals surface area (Å²) in [7, 11) is 0. The Bertz CT molecular complexity index is 855. The molecule has 0 bridgehead atoms. The molecule has 2 aromatic rings. The van der Waals surface area contributed by atoms with E-state index < -0.39 is 5.97 Å². The van der Waals surface area contributed by atoms with Crippen molar-refractivity contribution in [2.45, 2.75) is 33.1 Å². The first-order valence-corrected chi connectivity index (χ1v) is 7.75. The van der Waals surface area contributed by atoms with E-state index in [0.29, 0.717) is 41.0 Å². The first-order valence-electron chi connectivity index (χ1n) is 7.75. The van der Waals surface area contributed by atoms with Crippen LogP contribution >= 0.6 is 0 Å². The summed E-state index contributed by atoms with van der Waals surface area (Å²) in [5.41, 5.74) is 5.85. The minimum absolute atomic E-state index is 0. The zero-order valence-electron chi connectivity index (χ0n) is 14.5. The molecule has 1 aliphatic rings. The SMILES string of the molecule is Cc1cccc(C(=O)N/N=C2\CCCc3oc(C(=O)[O-])c(C)c32)c1.[K+]. The Morgan fingerprint density at radius 3 is 2.68 bits per heavy atom. The average molecular weight is 364 g/mol. The Labute approximate surface area is 188 Å². The number of aryl methyl sites for hydroxylation is 2. The fourth-order valence-electron chi connectivity index (χ4n) is 2.94. The van der Waals surface area contributed by atoms with Crippen LogP contribution in [0.15, 0.2) is 33.8 Å². The van der Waals surface area contributed by atoms with Crippen LogP contribution < -0.4 is 61.9 Å². The molecule has 0 unspecified atom stereocenters. The maximum Gasteiger partial charge on any atom is 1.00 e. The maximum absolute atomic E-state index is 12.2. The molecule has 0 aliphatic heterocycles. The van der Waals surface area contributed by atoms with E-state index in [1.165, 1.54) is 0 Å². The number of aromatic carboxylic acids is 1. The standard InChI is InChI=1S/C18H18N2O4.K/c1-10-5-3-6-12(9-10)17(21)20-19-13-7-4-8-14-15(13)11(2)16(24-14)18(22)23;/h3,5-6,9H,4,7-8H2,1-2H3,(H,20,21)(H,22,23);/q;+1/p-1/b19-13+;. The molecule has 1 heterocycles. The van der Waals surface area contributed by atoms with Crippen molar-refractivity contribution in [2.24, 2.45) is 5.10 Å². The smallest absolute Gasteiger partial charge is 0.542 e. The van der Waals surface area contributed by atoms with Gasteiger partial charge in [-0.3, -0.25) is 4.79 Å². The fraction of sp³-hybridized carbons (Fsp3) is 0.278. The van der Waals surface area contributed by atoms with Gasteiger partial charge in [0.2, 0.25) is 0 Å². The molecule has 0 saturated carbocycles. The average Bonchev–Trinajstić information content (AvgIpc) is 2.90. The quantitative estimate of drug-likeness (QED) is 0.543. The number of carboxylic acids is 1. The number of hydrogen-bond acceptors (Lipinski definition) is 5. The number of nitrogens with one attached hydrogen (secondary N) is 1. The van der Waals surface area contributed by atoms with Gasteiger partial charge >= 0.3 is 51.4 Å². The number of nitrogens with zero attached hydrogens (tertiary/aromatic N) is 1. The zero-order chi connectivity index (χ0) is 17.3. The van der Waals surface area contributed by atoms with E-state index in [-0.39, 0.29) is 63.1 Å². The summed E-state index contributed by atoms with van der Waals surface area (Å²) < 4.78 is 5.38. The normalized spacial score (nSPS) is 14.6. The van der Waals surface area contributed by atoms with Crippen molar-refractivity contribution >= 4 is 17.6 Å². The number of furan rings is 1. The molecule has 0 fully saturated rings. The number of amides is 1. The van der Waals surface area contributed by atoms with Crippen LogP contribution in [0, 0.1) is 13.8 Å². The van der Waals surface area contributed by atoms with Gasteiger partial charge in [-0.1, -0.05) is 17.7 Å². The molecule has 0 radical (unpaired) electrons. The van der Waals surface area contributed by atoms with E-state index in [2.05, 4.69) is 10.5 Å². The number of fused-ring (bicyclic) bond motifs is 1. The van der Waals surface area contributed by atoms with Gasteiger partial charge < -0.3 is 14.3 Å². The van der Waals surface area contributed by atoms with Crippen molar-refractivity contribution in [1.82, 2.24) is 5.43 Å². The third-order valence-electron chi connectivity index (χ3n) is 4.08. The summed E-state index contributed by atoms with van der Waals surface area (Å²) in [4.78, 5) is 23.3. The van der Waals surface area contributed by atoms with Crippen LogP contribution in [0.2, 0.25) is 0 Å². The molecule has 25 heavy (non-hydrogen) atoms. The van der Waals surface area contributed by atoms with Crippen LogP contribution in [-0.2, 0) is 6.42 Å². The summed E-state index contributed by atoms with van der Waals surface area (Å²) in [6, 6.07) is 7.21. The monoisotopic (exact) mass is 364 g/mol. The first kappa shape index (κ1) is 20.1. The molecule has 124 valence electrons. The number of rotatable bonds is 3. The molecule has 7 heteroatoms. The molecular weight excluding hydrogens is 347 g/mol. The number of benzene rings is 1. The molecule has 6 nitrogen and oxygen atoms in total. The topological polar surface area (TPSA) is 94.7 Å². The fourth-order valence-corrected chi connectivity index (χ4v) is 2.94. The van der Waals surface area contributed by atoms with Gasteiger partial charge in [0.25, 0.3) is 5.91 Å². The molecule has 0 spiro atoms. The summed E-state index contributed by atoms with van der Waals surface area (Å²) >= 11 is 0. The molecule has 1 N–H and O–H groups in total. The predicted molar refractivity (Wildman–Crippen MR) is 85.9 cm³/mol. The van der Waals surface area contributed by atoms with Gasteiger partial charge in [0.1, 0.15) is 11.7 Å². The van der Waals surface area contributed by atoms with E-state index >= 15 is 0 Å². The van der Waals surface area contributed by atoms with Gasteiger partial charge in [0, 0.05) is 23.1 Å². The minimum Gasteiger partial charge on any atom is -0.542 e. The third kappa shape index (κ3) is 4.29. The Kier molecular flexibility index (Phi) is 6.76. The predicted octanol–water partition coefficient (Wildman–Crippen LogP) is -1.27. The van der Waals surface area contributed by atoms with Gasteiger partial charge in [-0.15, -0.1) is 0 Å². The molecule has 0 atom stereocenters. The largest absolute Gasteiger partial charge is 1.00 e. The Morgan fingerprint density at radius 1 is 1.24 bits per heavy atom. The van der Waals surface area contributed by atoms with E-state index in [1.807, 2.05) is 19.1 Å². The number of carbonyl (C=O) groups is 2. The van der Waals surface area contributed by atoms with Crippen molar-refractivity contribution in [2.75, 3.05) is 0 Å². The van der Waals surface area contributed by atoms with Crippen molar-refractivity contribution < 1.29 is 70.5 Å². The van der Waals surface area contributed by atoms with Gasteiger partial charge in [0.15, 0.2) is 5.76 Å². The molecular formula is C18H17KN2O4. The van der Waals surface area contributed by atoms with Crippen molar-refractivity contribution in [3.8, 4) is 0 Å². The van der Waals surface area contributed by atoms with Crippen molar-refractivity contribution in [1.29, 1.82) is 0 Å². The van der Waals surface area contributed by atoms with E-state index in [1.54, 1.807) is 19.1 Å². The van der Waals surface area contributed by atoms with Gasteiger partial charge in [-0.2, -0.15) is 5.10 Å². The third-order valence-corrected chi connectivity index (χ3v) is 4.08. The second kappa shape index (κ2) is 8.42. The summed E-state index contributed by atoms with van der Waals surface area (Å²) in [6.45, 7) is 3.57. The molecule has 1 amide bonds. The molecule has 1 aromatic heterocycles. The van der Waals surface area contributed by atoms with Gasteiger partial charge in [-0.25, -0.2) is 5.43 Å². The van der Waals surface area contributed by atoms with Crippen LogP contribution in [0.4, 0.5) is 0 Å². The number of hydrazone groups is 1. The van der Waals surface area contributed by atoms with Crippen LogP contribution in [-0.4, -0.2) is 17.6 Å². The Morgan fingerprint density at radius 2 is 2.00 bits per heavy atom. The number of carboxylic acid groups (broad SMARTS) is 1. The molecule has 3 rings (SSSR count). The van der Waals surface area contributed by atoms with E-state index in [9.17, 15) is 14.7 Å². The zero-order valence-corrected chi connectivity index (χ0v) is 17.6. The number of carbonyl (C=O) groups excluding carboxylic acids is 2. The van der Waals surface area contributed by atoms with Crippen LogP contribution in [0.1, 0.15) is 56.2 Å². The number of hydrogen-bond donors (Lipinski definition) is 1. The second-order valence-electron chi connectivity index (χ2n) is 5.86. The van der Waals surface area contributed by atoms with Crippen LogP contribution in [0.5, 0.6) is 0 Å². The second-order valence-corrected chi connectivity index (χ2v) is 5.86. The summed E-state index contributed by atoms with van der Waals surface area (Å²) in [5.74, 6) is -1.23. The molecule has 1 aromatic carbocycles. The minimum atomic E-state index is -1.34. The maximum atomic E-state index is 12.2. The Hall–Kier alpha value is -1.25. The van der Waals surface area contributed by atoms with Gasteiger partial charge in [0.05, 0.1) is 5.71 Å². The van der Waals surface area contributed by atoms with Crippen LogP contribution in [0.25, 0.3) is 0 Å². The van der Waals surface area contributed by atoms with Crippen molar-refractivity contribution in [3.63, 3.8) is 0 Å². The van der Waals surface area contributed by atoms with Gasteiger partial charge in [-0.05, 0) is 38.8 Å². The van der Waals surface area contributed by atoms with Crippen LogP contribution in [0.3, 0.4) is 0 Å². The molecule has 0 saturated heterocycles. The first-order chi connectivity index (χ1) is 11.5. The van der Waals surface area contributed by atoms with Crippen molar-refractivity contribution in [3.05, 3.63) is 58.0 Å².